The molecule has 0 fully saturated rings. The number of aliphatic hydroxyl groups is 1. The van der Waals surface area contributed by atoms with Crippen LogP contribution in [0.1, 0.15) is 13.8 Å². The van der Waals surface area contributed by atoms with Crippen molar-refractivity contribution in [1.82, 2.24) is 4.72 Å². The van der Waals surface area contributed by atoms with Crippen LogP contribution in [-0.4, -0.2) is 29.6 Å². The van der Waals surface area contributed by atoms with Gasteiger partial charge in [-0.2, -0.15) is 8.42 Å². The maximum atomic E-state index is 10.6. The Labute approximate surface area is 64.1 Å². The van der Waals surface area contributed by atoms with E-state index in [-0.39, 0.29) is 0 Å². The summed E-state index contributed by atoms with van der Waals surface area (Å²) in [5.41, 5.74) is -1.82. The predicted molar refractivity (Wildman–Crippen MR) is 36.0 cm³/mol. The van der Waals surface area contributed by atoms with Crippen molar-refractivity contribution in [2.24, 2.45) is 0 Å². The molecule has 3 N–H and O–H groups in total. The molecular weight excluding hydrogens is 174 g/mol. The van der Waals surface area contributed by atoms with E-state index >= 15 is 0 Å². The molecule has 0 rings (SSSR count). The third-order valence-electron chi connectivity index (χ3n) is 0.777. The molecule has 0 aromatic carbocycles. The van der Waals surface area contributed by atoms with E-state index in [9.17, 15) is 13.2 Å². The number of carbonyl (C=O) groups excluding carboxylic acids is 1. The van der Waals surface area contributed by atoms with Gasteiger partial charge in [-0.25, -0.2) is 4.72 Å². The van der Waals surface area contributed by atoms with Crippen molar-refractivity contribution in [3.8, 4) is 0 Å². The van der Waals surface area contributed by atoms with Crippen LogP contribution in [0.25, 0.3) is 0 Å². The summed E-state index contributed by atoms with van der Waals surface area (Å²) in [7, 11) is -4.57. The largest absolute Gasteiger partial charge is 0.381 e. The highest BCUT2D eigenvalue weighted by Crippen LogP contribution is 2.00. The van der Waals surface area contributed by atoms with E-state index < -0.39 is 21.8 Å². The third kappa shape index (κ3) is 4.71. The van der Waals surface area contributed by atoms with Crippen molar-refractivity contribution in [3.63, 3.8) is 0 Å². The van der Waals surface area contributed by atoms with Gasteiger partial charge in [0.05, 0.1) is 0 Å². The van der Waals surface area contributed by atoms with Gasteiger partial charge in [0.2, 0.25) is 0 Å². The van der Waals surface area contributed by atoms with Gasteiger partial charge in [0.25, 0.3) is 5.91 Å². The van der Waals surface area contributed by atoms with Gasteiger partial charge in [0, 0.05) is 0 Å². The highest BCUT2D eigenvalue weighted by Gasteiger charge is 2.26. The van der Waals surface area contributed by atoms with Gasteiger partial charge in [0.1, 0.15) is 5.60 Å². The molecule has 6 nitrogen and oxygen atoms in total. The Kier molecular flexibility index (Phi) is 2.60. The van der Waals surface area contributed by atoms with Gasteiger partial charge in [-0.1, -0.05) is 0 Å². The summed E-state index contributed by atoms with van der Waals surface area (Å²) in [4.78, 5) is 10.6. The summed E-state index contributed by atoms with van der Waals surface area (Å²) in [6.07, 6.45) is 0. The minimum Gasteiger partial charge on any atom is -0.381 e. The lowest BCUT2D eigenvalue weighted by Crippen LogP contribution is -2.44. The first-order valence-corrected chi connectivity index (χ1v) is 4.09. The zero-order valence-corrected chi connectivity index (χ0v) is 6.84. The van der Waals surface area contributed by atoms with E-state index in [0.29, 0.717) is 0 Å². The number of nitrogens with one attached hydrogen (secondary N) is 1. The van der Waals surface area contributed by atoms with Gasteiger partial charge in [-0.05, 0) is 13.8 Å². The standard InChI is InChI=1S/C4H9NO5S/c1-4(2,7)3(6)5-11(8,9)10/h7H,1-2H3,(H,5,6)(H,8,9,10). The Morgan fingerprint density at radius 1 is 1.45 bits per heavy atom. The molecular formula is C4H9NO5S. The van der Waals surface area contributed by atoms with Gasteiger partial charge < -0.3 is 5.11 Å². The van der Waals surface area contributed by atoms with Gasteiger partial charge in [0.15, 0.2) is 0 Å². The fourth-order valence-corrected chi connectivity index (χ4v) is 0.726. The second-order valence-corrected chi connectivity index (χ2v) is 3.62. The highest BCUT2D eigenvalue weighted by molar-refractivity contribution is 7.84. The topological polar surface area (TPSA) is 104 Å². The van der Waals surface area contributed by atoms with Gasteiger partial charge in [-0.15, -0.1) is 0 Å². The Hall–Kier alpha value is -0.660. The molecule has 0 aliphatic heterocycles. The van der Waals surface area contributed by atoms with E-state index in [0.717, 1.165) is 13.8 Å². The first-order chi connectivity index (χ1) is 4.63. The normalized spacial score (nSPS) is 12.7. The molecule has 0 aromatic heterocycles. The molecule has 0 atom stereocenters. The SMILES string of the molecule is CC(C)(O)C(=O)NS(=O)(=O)O. The number of rotatable bonds is 2. The lowest BCUT2D eigenvalue weighted by molar-refractivity contribution is -0.134. The number of hydrogen-bond donors (Lipinski definition) is 3. The molecule has 7 heteroatoms. The smallest absolute Gasteiger partial charge is 0.359 e. The molecule has 0 saturated heterocycles. The van der Waals surface area contributed by atoms with Crippen LogP contribution >= 0.6 is 0 Å². The first-order valence-electron chi connectivity index (χ1n) is 2.65. The molecule has 0 heterocycles. The van der Waals surface area contributed by atoms with E-state index in [1.54, 1.807) is 0 Å². The molecule has 66 valence electrons. The van der Waals surface area contributed by atoms with Crippen LogP contribution in [0.15, 0.2) is 0 Å². The maximum Gasteiger partial charge on any atom is 0.359 e. The minimum absolute atomic E-state index is 1.09. The third-order valence-corrected chi connectivity index (χ3v) is 1.22. The summed E-state index contributed by atoms with van der Waals surface area (Å²) in [6, 6.07) is 0. The second kappa shape index (κ2) is 2.76. The fourth-order valence-electron chi connectivity index (χ4n) is 0.242. The van der Waals surface area contributed by atoms with Crippen LogP contribution in [-0.2, 0) is 15.1 Å². The van der Waals surface area contributed by atoms with Gasteiger partial charge in [-0.3, -0.25) is 9.35 Å². The van der Waals surface area contributed by atoms with Crippen LogP contribution in [0, 0.1) is 0 Å². The molecule has 0 spiro atoms. The quantitative estimate of drug-likeness (QED) is 0.460. The molecule has 11 heavy (non-hydrogen) atoms. The average Bonchev–Trinajstić information content (AvgIpc) is 1.56. The summed E-state index contributed by atoms with van der Waals surface area (Å²) in [6.45, 7) is 2.18. The van der Waals surface area contributed by atoms with Crippen molar-refractivity contribution in [2.45, 2.75) is 19.4 Å². The monoisotopic (exact) mass is 183 g/mol. The van der Waals surface area contributed by atoms with Crippen LogP contribution in [0.5, 0.6) is 0 Å². The maximum absolute atomic E-state index is 10.6. The molecule has 0 radical (unpaired) electrons. The van der Waals surface area contributed by atoms with Crippen LogP contribution in [0.3, 0.4) is 0 Å². The molecule has 1 amide bonds. The van der Waals surface area contributed by atoms with E-state index in [4.69, 9.17) is 9.66 Å². The molecule has 0 unspecified atom stereocenters. The molecule has 0 aliphatic rings. The Morgan fingerprint density at radius 3 is 1.91 bits per heavy atom. The zero-order chi connectivity index (χ0) is 9.28. The number of hydrogen-bond acceptors (Lipinski definition) is 4. The molecule has 0 saturated carbocycles. The Balaban J connectivity index is 4.35. The van der Waals surface area contributed by atoms with Crippen LogP contribution in [0.4, 0.5) is 0 Å². The van der Waals surface area contributed by atoms with Crippen molar-refractivity contribution in [1.29, 1.82) is 0 Å². The summed E-state index contributed by atoms with van der Waals surface area (Å²) >= 11 is 0. The molecule has 0 aliphatic carbocycles. The molecule has 0 bridgehead atoms. The van der Waals surface area contributed by atoms with Crippen LogP contribution < -0.4 is 4.72 Å². The zero-order valence-electron chi connectivity index (χ0n) is 6.03. The van der Waals surface area contributed by atoms with E-state index in [2.05, 4.69) is 0 Å². The number of amides is 1. The Bertz CT molecular complexity index is 248. The van der Waals surface area contributed by atoms with Crippen LogP contribution in [0.2, 0.25) is 0 Å². The van der Waals surface area contributed by atoms with E-state index in [1.807, 2.05) is 0 Å². The Morgan fingerprint density at radius 2 is 1.82 bits per heavy atom. The summed E-state index contributed by atoms with van der Waals surface area (Å²) in [5.74, 6) is -1.18. The van der Waals surface area contributed by atoms with Gasteiger partial charge >= 0.3 is 10.3 Å². The van der Waals surface area contributed by atoms with Crippen molar-refractivity contribution >= 4 is 16.2 Å². The lowest BCUT2D eigenvalue weighted by atomic mass is 10.1. The minimum atomic E-state index is -4.57. The van der Waals surface area contributed by atoms with E-state index in [1.165, 1.54) is 4.72 Å². The summed E-state index contributed by atoms with van der Waals surface area (Å²) < 4.78 is 29.3. The van der Waals surface area contributed by atoms with Crippen molar-refractivity contribution < 1.29 is 22.9 Å². The van der Waals surface area contributed by atoms with Crippen molar-refractivity contribution in [3.05, 3.63) is 0 Å². The first kappa shape index (κ1) is 10.3. The second-order valence-electron chi connectivity index (χ2n) is 2.47. The molecule has 0 aromatic rings. The predicted octanol–water partition coefficient (Wildman–Crippen LogP) is -1.32. The van der Waals surface area contributed by atoms with Crippen molar-refractivity contribution in [2.75, 3.05) is 0 Å². The number of carbonyl (C=O) groups is 1. The average molecular weight is 183 g/mol. The lowest BCUT2D eigenvalue weighted by Gasteiger charge is -2.14. The summed E-state index contributed by atoms with van der Waals surface area (Å²) in [5, 5.41) is 8.86. The highest BCUT2D eigenvalue weighted by atomic mass is 32.2. The fraction of sp³-hybridized carbons (Fsp3) is 0.750.